The van der Waals surface area contributed by atoms with Gasteiger partial charge in [0.15, 0.2) is 0 Å². The maximum atomic E-state index is 5.31. The molecule has 0 aromatic carbocycles. The summed E-state index contributed by atoms with van der Waals surface area (Å²) in [6.45, 7) is 4.94. The zero-order valence-corrected chi connectivity index (χ0v) is 9.22. The third-order valence-electron chi connectivity index (χ3n) is 1.41. The molecule has 0 rings (SSSR count). The van der Waals surface area contributed by atoms with Crippen molar-refractivity contribution in [3.63, 3.8) is 0 Å². The van der Waals surface area contributed by atoms with Crippen LogP contribution in [0.1, 0.15) is 33.1 Å². The molecule has 0 aromatic heterocycles. The minimum atomic E-state index is 0.0802. The molecule has 1 atom stereocenters. The van der Waals surface area contributed by atoms with Crippen LogP contribution < -0.4 is 0 Å². The average Bonchev–Trinajstić information content (AvgIpc) is 1.98. The second-order valence-electron chi connectivity index (χ2n) is 2.26. The van der Waals surface area contributed by atoms with Gasteiger partial charge in [0.1, 0.15) is 16.8 Å². The molecule has 62 valence electrons. The lowest BCUT2D eigenvalue weighted by Gasteiger charge is -2.14. The molecule has 0 fully saturated rings. The zero-order chi connectivity index (χ0) is 7.82. The Kier molecular flexibility index (Phi) is 7.35. The molecule has 0 heterocycles. The Morgan fingerprint density at radius 2 is 2.10 bits per heavy atom. The number of hydrogen-bond donors (Lipinski definition) is 0. The summed E-state index contributed by atoms with van der Waals surface area (Å²) in [5, 5.41) is 0. The van der Waals surface area contributed by atoms with Gasteiger partial charge in [-0.25, -0.2) is 0 Å². The van der Waals surface area contributed by atoms with Crippen LogP contribution in [0.15, 0.2) is 0 Å². The van der Waals surface area contributed by atoms with Crippen LogP contribution in [0.5, 0.6) is 0 Å². The van der Waals surface area contributed by atoms with E-state index in [1.807, 2.05) is 6.92 Å². The molecule has 0 aromatic rings. The Morgan fingerprint density at radius 1 is 1.40 bits per heavy atom. The summed E-state index contributed by atoms with van der Waals surface area (Å²) in [5.74, 6) is 0. The zero-order valence-electron chi connectivity index (χ0n) is 7.22. The van der Waals surface area contributed by atoms with Gasteiger partial charge in [0.05, 0.1) is 0 Å². The van der Waals surface area contributed by atoms with Crippen LogP contribution in [0.3, 0.4) is 0 Å². The highest BCUT2D eigenvalue weighted by atomic mass is 28.2. The van der Waals surface area contributed by atoms with Gasteiger partial charge >= 0.3 is 0 Å². The molecule has 10 heavy (non-hydrogen) atoms. The quantitative estimate of drug-likeness (QED) is 0.425. The van der Waals surface area contributed by atoms with Gasteiger partial charge < -0.3 is 9.16 Å². The highest BCUT2D eigenvalue weighted by Crippen LogP contribution is 2.04. The van der Waals surface area contributed by atoms with Crippen molar-refractivity contribution in [2.24, 2.45) is 0 Å². The molecule has 0 amide bonds. The maximum absolute atomic E-state index is 5.31. The van der Waals surface area contributed by atoms with Crippen LogP contribution in [-0.4, -0.2) is 23.4 Å². The fraction of sp³-hybridized carbons (Fsp3) is 1.00. The molecule has 0 aliphatic carbocycles. The molecule has 0 N–H and O–H groups in total. The number of unbranched alkanes of at least 4 members (excludes halogenated alkanes) is 1. The topological polar surface area (TPSA) is 18.5 Å². The molecule has 0 spiro atoms. The van der Waals surface area contributed by atoms with Crippen LogP contribution in [-0.2, 0) is 9.16 Å². The van der Waals surface area contributed by atoms with Crippen molar-refractivity contribution in [3.05, 3.63) is 0 Å². The number of hydrogen-bond acceptors (Lipinski definition) is 2. The van der Waals surface area contributed by atoms with Gasteiger partial charge in [-0.3, -0.25) is 0 Å². The van der Waals surface area contributed by atoms with E-state index in [2.05, 4.69) is 6.92 Å². The van der Waals surface area contributed by atoms with Crippen LogP contribution in [0.2, 0.25) is 0 Å². The van der Waals surface area contributed by atoms with E-state index in [4.69, 9.17) is 9.16 Å². The van der Waals surface area contributed by atoms with E-state index >= 15 is 0 Å². The lowest BCUT2D eigenvalue weighted by Crippen LogP contribution is -2.15. The van der Waals surface area contributed by atoms with Gasteiger partial charge in [-0.2, -0.15) is 0 Å². The maximum Gasteiger partial charge on any atom is 0.149 e. The smallest absolute Gasteiger partial charge is 0.149 e. The largest absolute Gasteiger partial charge is 0.404 e. The molecule has 1 unspecified atom stereocenters. The summed E-state index contributed by atoms with van der Waals surface area (Å²) in [4.78, 5) is 0. The third kappa shape index (κ3) is 4.96. The van der Waals surface area contributed by atoms with E-state index in [9.17, 15) is 0 Å². The van der Waals surface area contributed by atoms with Crippen molar-refractivity contribution < 1.29 is 9.16 Å². The molecule has 3 heteroatoms. The van der Waals surface area contributed by atoms with E-state index in [0.717, 1.165) is 23.5 Å². The molecule has 2 nitrogen and oxygen atoms in total. The SMILES string of the molecule is CCCCC(O[SiH3])OCC. The standard InChI is InChI=1S/C7H18O2Si/c1-3-5-6-7(9-10)8-4-2/h7H,3-6H2,1-2,10H3. The van der Waals surface area contributed by atoms with Crippen LogP contribution in [0, 0.1) is 0 Å². The van der Waals surface area contributed by atoms with E-state index in [-0.39, 0.29) is 6.29 Å². The Balaban J connectivity index is 3.21. The highest BCUT2D eigenvalue weighted by molar-refractivity contribution is 5.98. The van der Waals surface area contributed by atoms with Crippen LogP contribution >= 0.6 is 0 Å². The van der Waals surface area contributed by atoms with Gasteiger partial charge in [-0.05, 0) is 19.8 Å². The van der Waals surface area contributed by atoms with E-state index in [1.165, 1.54) is 12.8 Å². The molecule has 0 bridgehead atoms. The number of rotatable bonds is 6. The normalized spacial score (nSPS) is 13.8. The van der Waals surface area contributed by atoms with Gasteiger partial charge in [0, 0.05) is 6.61 Å². The molecule has 0 saturated heterocycles. The Hall–Kier alpha value is 0.137. The van der Waals surface area contributed by atoms with Crippen LogP contribution in [0.4, 0.5) is 0 Å². The van der Waals surface area contributed by atoms with Gasteiger partial charge in [-0.15, -0.1) is 0 Å². The first-order valence-electron chi connectivity index (χ1n) is 3.99. The second-order valence-corrected chi connectivity index (χ2v) is 2.73. The summed E-state index contributed by atoms with van der Waals surface area (Å²) in [6, 6.07) is 0. The summed E-state index contributed by atoms with van der Waals surface area (Å²) in [5.41, 5.74) is 0. The molecular weight excluding hydrogens is 144 g/mol. The van der Waals surface area contributed by atoms with Crippen molar-refractivity contribution in [2.45, 2.75) is 39.4 Å². The predicted octanol–water partition coefficient (Wildman–Crippen LogP) is 0.836. The Bertz CT molecular complexity index is 68.6. The Labute approximate surface area is 66.5 Å². The average molecular weight is 162 g/mol. The van der Waals surface area contributed by atoms with E-state index < -0.39 is 0 Å². The fourth-order valence-corrected chi connectivity index (χ4v) is 1.20. The lowest BCUT2D eigenvalue weighted by molar-refractivity contribution is -0.0769. The van der Waals surface area contributed by atoms with Gasteiger partial charge in [-0.1, -0.05) is 13.3 Å². The second kappa shape index (κ2) is 7.25. The van der Waals surface area contributed by atoms with Crippen molar-refractivity contribution in [1.29, 1.82) is 0 Å². The van der Waals surface area contributed by atoms with Crippen molar-refractivity contribution in [3.8, 4) is 0 Å². The summed E-state index contributed by atoms with van der Waals surface area (Å²) >= 11 is 0. The van der Waals surface area contributed by atoms with Gasteiger partial charge in [0.2, 0.25) is 0 Å². The predicted molar refractivity (Wildman–Crippen MR) is 46.0 cm³/mol. The third-order valence-corrected chi connectivity index (χ3v) is 1.93. The molecule has 0 saturated carbocycles. The molecule has 0 radical (unpaired) electrons. The molecule has 0 aliphatic heterocycles. The Morgan fingerprint density at radius 3 is 2.50 bits per heavy atom. The first-order valence-corrected chi connectivity index (χ1v) is 4.81. The fourth-order valence-electron chi connectivity index (χ4n) is 0.826. The van der Waals surface area contributed by atoms with Gasteiger partial charge in [0.25, 0.3) is 0 Å². The monoisotopic (exact) mass is 162 g/mol. The number of ether oxygens (including phenoxy) is 1. The highest BCUT2D eigenvalue weighted by Gasteiger charge is 2.02. The summed E-state index contributed by atoms with van der Waals surface area (Å²) in [7, 11) is 0.778. The summed E-state index contributed by atoms with van der Waals surface area (Å²) < 4.78 is 10.5. The minimum Gasteiger partial charge on any atom is -0.404 e. The summed E-state index contributed by atoms with van der Waals surface area (Å²) in [6.07, 6.45) is 3.55. The first kappa shape index (κ1) is 10.1. The van der Waals surface area contributed by atoms with E-state index in [0.29, 0.717) is 0 Å². The molecule has 0 aliphatic rings. The van der Waals surface area contributed by atoms with Crippen molar-refractivity contribution >= 4 is 10.5 Å². The minimum absolute atomic E-state index is 0.0802. The first-order chi connectivity index (χ1) is 4.85. The van der Waals surface area contributed by atoms with E-state index in [1.54, 1.807) is 0 Å². The van der Waals surface area contributed by atoms with Crippen molar-refractivity contribution in [2.75, 3.05) is 6.61 Å². The van der Waals surface area contributed by atoms with Crippen molar-refractivity contribution in [1.82, 2.24) is 0 Å². The van der Waals surface area contributed by atoms with Crippen LogP contribution in [0.25, 0.3) is 0 Å². The lowest BCUT2D eigenvalue weighted by atomic mass is 10.2. The molecular formula is C7H18O2Si.